The summed E-state index contributed by atoms with van der Waals surface area (Å²) in [5, 5.41) is 2.07. The Morgan fingerprint density at radius 2 is 2.00 bits per heavy atom. The normalized spacial score (nSPS) is 11.2. The Kier molecular flexibility index (Phi) is 3.56. The molecule has 0 unspecified atom stereocenters. The molecule has 0 saturated carbocycles. The molecular formula is C8H6BrF3N2S. The minimum absolute atomic E-state index is 0.163. The molecule has 2 nitrogen and oxygen atoms in total. The third kappa shape index (κ3) is 3.35. The van der Waals surface area contributed by atoms with Crippen molar-refractivity contribution in [3.05, 3.63) is 28.2 Å². The Labute approximate surface area is 97.8 Å². The smallest absolute Gasteiger partial charge is 0.376 e. The third-order valence-electron chi connectivity index (χ3n) is 1.54. The number of alkyl halides is 3. The maximum absolute atomic E-state index is 12.5. The van der Waals surface area contributed by atoms with Crippen molar-refractivity contribution in [3.8, 4) is 0 Å². The van der Waals surface area contributed by atoms with E-state index in [0.717, 1.165) is 6.07 Å². The van der Waals surface area contributed by atoms with Gasteiger partial charge in [0.05, 0.1) is 11.3 Å². The molecule has 0 aliphatic rings. The van der Waals surface area contributed by atoms with Crippen molar-refractivity contribution in [1.29, 1.82) is 0 Å². The van der Waals surface area contributed by atoms with Crippen molar-refractivity contribution in [3.63, 3.8) is 0 Å². The van der Waals surface area contributed by atoms with Gasteiger partial charge < -0.3 is 11.1 Å². The number of nitrogens with one attached hydrogen (secondary N) is 1. The molecule has 0 fully saturated rings. The van der Waals surface area contributed by atoms with Crippen LogP contribution in [0.4, 0.5) is 18.9 Å². The number of thiocarbonyl (C=S) groups is 1. The van der Waals surface area contributed by atoms with Crippen LogP contribution in [-0.4, -0.2) is 5.11 Å². The van der Waals surface area contributed by atoms with Crippen molar-refractivity contribution >= 4 is 38.9 Å². The number of anilines is 1. The molecule has 15 heavy (non-hydrogen) atoms. The monoisotopic (exact) mass is 298 g/mol. The number of hydrogen-bond acceptors (Lipinski definition) is 1. The second kappa shape index (κ2) is 4.36. The van der Waals surface area contributed by atoms with Crippen LogP contribution < -0.4 is 11.1 Å². The summed E-state index contributed by atoms with van der Waals surface area (Å²) in [7, 11) is 0. The fourth-order valence-corrected chi connectivity index (χ4v) is 1.47. The van der Waals surface area contributed by atoms with Gasteiger partial charge in [0, 0.05) is 4.47 Å². The fourth-order valence-electron chi connectivity index (χ4n) is 1.000. The quantitative estimate of drug-likeness (QED) is 0.783. The highest BCUT2D eigenvalue weighted by molar-refractivity contribution is 9.10. The SMILES string of the molecule is NC(=S)Nc1cc(Br)ccc1C(F)(F)F. The van der Waals surface area contributed by atoms with E-state index < -0.39 is 11.7 Å². The van der Waals surface area contributed by atoms with E-state index in [0.29, 0.717) is 4.47 Å². The summed E-state index contributed by atoms with van der Waals surface area (Å²) in [5.74, 6) is 0. The maximum Gasteiger partial charge on any atom is 0.418 e. The Hall–Kier alpha value is -0.820. The molecule has 0 saturated heterocycles. The van der Waals surface area contributed by atoms with Gasteiger partial charge in [-0.1, -0.05) is 15.9 Å². The molecule has 0 spiro atoms. The highest BCUT2D eigenvalue weighted by Crippen LogP contribution is 2.36. The standard InChI is InChI=1S/C8H6BrF3N2S/c9-4-1-2-5(8(10,11)12)6(3-4)14-7(13)15/h1-3H,(H3,13,14,15). The van der Waals surface area contributed by atoms with E-state index >= 15 is 0 Å². The van der Waals surface area contributed by atoms with E-state index in [1.54, 1.807) is 0 Å². The van der Waals surface area contributed by atoms with Crippen LogP contribution in [0.1, 0.15) is 5.56 Å². The average molecular weight is 299 g/mol. The van der Waals surface area contributed by atoms with Gasteiger partial charge in [0.1, 0.15) is 0 Å². The lowest BCUT2D eigenvalue weighted by atomic mass is 10.1. The number of nitrogens with two attached hydrogens (primary N) is 1. The number of halogens is 4. The first-order valence-electron chi connectivity index (χ1n) is 3.74. The molecule has 7 heteroatoms. The van der Waals surface area contributed by atoms with Crippen molar-refractivity contribution < 1.29 is 13.2 Å². The van der Waals surface area contributed by atoms with Crippen LogP contribution in [0, 0.1) is 0 Å². The second-order valence-corrected chi connectivity index (χ2v) is 4.03. The minimum Gasteiger partial charge on any atom is -0.376 e. The molecule has 0 aliphatic heterocycles. The highest BCUT2D eigenvalue weighted by Gasteiger charge is 2.33. The second-order valence-electron chi connectivity index (χ2n) is 2.68. The first-order valence-corrected chi connectivity index (χ1v) is 4.94. The van der Waals surface area contributed by atoms with Gasteiger partial charge in [-0.3, -0.25) is 0 Å². The summed E-state index contributed by atoms with van der Waals surface area (Å²) in [6.07, 6.45) is -4.44. The Morgan fingerprint density at radius 1 is 1.40 bits per heavy atom. The molecule has 0 radical (unpaired) electrons. The van der Waals surface area contributed by atoms with Crippen molar-refractivity contribution in [2.75, 3.05) is 5.32 Å². The molecule has 0 bridgehead atoms. The van der Waals surface area contributed by atoms with Gasteiger partial charge in [-0.2, -0.15) is 13.2 Å². The van der Waals surface area contributed by atoms with Crippen LogP contribution in [0.2, 0.25) is 0 Å². The topological polar surface area (TPSA) is 38.0 Å². The molecule has 0 heterocycles. The lowest BCUT2D eigenvalue weighted by Gasteiger charge is -2.13. The molecule has 1 rings (SSSR count). The predicted molar refractivity (Wildman–Crippen MR) is 59.6 cm³/mol. The van der Waals surface area contributed by atoms with Gasteiger partial charge in [0.2, 0.25) is 0 Å². The summed E-state index contributed by atoms with van der Waals surface area (Å²) < 4.78 is 38.0. The number of rotatable bonds is 1. The summed E-state index contributed by atoms with van der Waals surface area (Å²) in [6.45, 7) is 0. The van der Waals surface area contributed by atoms with Gasteiger partial charge in [-0.05, 0) is 30.4 Å². The highest BCUT2D eigenvalue weighted by atomic mass is 79.9. The maximum atomic E-state index is 12.5. The van der Waals surface area contributed by atoms with E-state index in [9.17, 15) is 13.2 Å². The molecule has 3 N–H and O–H groups in total. The Morgan fingerprint density at radius 3 is 2.47 bits per heavy atom. The van der Waals surface area contributed by atoms with Crippen LogP contribution in [-0.2, 0) is 6.18 Å². The largest absolute Gasteiger partial charge is 0.418 e. The summed E-state index contributed by atoms with van der Waals surface area (Å²) in [6, 6.07) is 3.51. The molecule has 82 valence electrons. The van der Waals surface area contributed by atoms with Gasteiger partial charge in [-0.25, -0.2) is 0 Å². The van der Waals surface area contributed by atoms with E-state index in [1.165, 1.54) is 12.1 Å². The lowest BCUT2D eigenvalue weighted by molar-refractivity contribution is -0.136. The minimum atomic E-state index is -4.44. The van der Waals surface area contributed by atoms with Gasteiger partial charge in [-0.15, -0.1) is 0 Å². The zero-order valence-corrected chi connectivity index (χ0v) is 9.63. The van der Waals surface area contributed by atoms with E-state index in [-0.39, 0.29) is 10.8 Å². The predicted octanol–water partition coefficient (Wildman–Crippen LogP) is 3.12. The van der Waals surface area contributed by atoms with Crippen LogP contribution in [0.5, 0.6) is 0 Å². The number of hydrogen-bond donors (Lipinski definition) is 2. The fraction of sp³-hybridized carbons (Fsp3) is 0.125. The van der Waals surface area contributed by atoms with E-state index in [2.05, 4.69) is 33.5 Å². The van der Waals surface area contributed by atoms with Crippen LogP contribution in [0.3, 0.4) is 0 Å². The molecule has 1 aromatic rings. The average Bonchev–Trinajstić information content (AvgIpc) is 1.99. The van der Waals surface area contributed by atoms with Crippen LogP contribution >= 0.6 is 28.1 Å². The van der Waals surface area contributed by atoms with Crippen molar-refractivity contribution in [1.82, 2.24) is 0 Å². The summed E-state index contributed by atoms with van der Waals surface area (Å²) >= 11 is 7.55. The summed E-state index contributed by atoms with van der Waals surface area (Å²) in [5.41, 5.74) is 4.15. The molecule has 0 aliphatic carbocycles. The van der Waals surface area contributed by atoms with Crippen LogP contribution in [0.15, 0.2) is 22.7 Å². The molecule has 0 atom stereocenters. The van der Waals surface area contributed by atoms with Gasteiger partial charge >= 0.3 is 6.18 Å². The third-order valence-corrected chi connectivity index (χ3v) is 2.14. The Balaban J connectivity index is 3.20. The number of benzene rings is 1. The Bertz CT molecular complexity index is 392. The molecule has 1 aromatic carbocycles. The molecule has 0 amide bonds. The lowest BCUT2D eigenvalue weighted by Crippen LogP contribution is -2.21. The van der Waals surface area contributed by atoms with E-state index in [4.69, 9.17) is 5.73 Å². The van der Waals surface area contributed by atoms with E-state index in [1.807, 2.05) is 0 Å². The van der Waals surface area contributed by atoms with Gasteiger partial charge in [0.15, 0.2) is 5.11 Å². The van der Waals surface area contributed by atoms with Gasteiger partial charge in [0.25, 0.3) is 0 Å². The first kappa shape index (κ1) is 12.3. The zero-order valence-electron chi connectivity index (χ0n) is 7.23. The van der Waals surface area contributed by atoms with Crippen molar-refractivity contribution in [2.24, 2.45) is 5.73 Å². The first-order chi connectivity index (χ1) is 6.80. The summed E-state index contributed by atoms with van der Waals surface area (Å²) in [4.78, 5) is 0. The molecular weight excluding hydrogens is 293 g/mol. The molecule has 0 aromatic heterocycles. The zero-order chi connectivity index (χ0) is 11.6. The van der Waals surface area contributed by atoms with Crippen molar-refractivity contribution in [2.45, 2.75) is 6.18 Å². The van der Waals surface area contributed by atoms with Crippen LogP contribution in [0.25, 0.3) is 0 Å².